The van der Waals surface area contributed by atoms with Gasteiger partial charge in [0.25, 0.3) is 8.32 Å². The minimum Gasteiger partial charge on any atom is -0.516 e. The molecule has 0 unspecified atom stereocenters. The Morgan fingerprint density at radius 3 is 1.42 bits per heavy atom. The maximum Gasteiger partial charge on any atom is 0.316 e. The summed E-state index contributed by atoms with van der Waals surface area (Å²) in [6.45, 7) is 10.4. The van der Waals surface area contributed by atoms with E-state index in [4.69, 9.17) is 4.43 Å². The fraction of sp³-hybridized carbons (Fsp3) is 0.857. The predicted molar refractivity (Wildman–Crippen MR) is 109 cm³/mol. The van der Waals surface area contributed by atoms with Crippen molar-refractivity contribution in [2.45, 2.75) is 116 Å². The molecule has 2 nitrogen and oxygen atoms in total. The van der Waals surface area contributed by atoms with Gasteiger partial charge in [0, 0.05) is 6.08 Å². The summed E-state index contributed by atoms with van der Waals surface area (Å²) in [4.78, 5) is 12.0. The maximum absolute atomic E-state index is 12.0. The van der Waals surface area contributed by atoms with Crippen molar-refractivity contribution < 1.29 is 9.22 Å². The number of hydrogen-bond donors (Lipinski definition) is 0. The Morgan fingerprint density at radius 2 is 1.12 bits per heavy atom. The first-order valence-corrected chi connectivity index (χ1v) is 13.0. The molecule has 0 fully saturated rings. The molecule has 142 valence electrons. The lowest BCUT2D eigenvalue weighted by Gasteiger charge is -2.31. The van der Waals surface area contributed by atoms with Crippen molar-refractivity contribution in [1.29, 1.82) is 0 Å². The zero-order valence-electron chi connectivity index (χ0n) is 16.7. The van der Waals surface area contributed by atoms with Crippen LogP contribution in [0.4, 0.5) is 0 Å². The minimum absolute atomic E-state index is 0.178. The van der Waals surface area contributed by atoms with Crippen LogP contribution in [-0.4, -0.2) is 14.3 Å². The Kier molecular flexibility index (Phi) is 15.5. The second-order valence-corrected chi connectivity index (χ2v) is 11.3. The lowest BCUT2D eigenvalue weighted by atomic mass is 10.2. The van der Waals surface area contributed by atoms with E-state index in [0.29, 0.717) is 0 Å². The van der Waals surface area contributed by atoms with Gasteiger partial charge < -0.3 is 4.43 Å². The summed E-state index contributed by atoms with van der Waals surface area (Å²) < 4.78 is 6.11. The summed E-state index contributed by atoms with van der Waals surface area (Å²) >= 11 is 0. The average molecular weight is 355 g/mol. The molecule has 0 aromatic heterocycles. The fourth-order valence-corrected chi connectivity index (χ4v) is 7.65. The third-order valence-corrected chi connectivity index (χ3v) is 9.37. The van der Waals surface area contributed by atoms with E-state index in [9.17, 15) is 4.79 Å². The number of carbonyl (C=O) groups is 1. The standard InChI is InChI=1S/C21H42O2Si/c1-5-9-12-15-18-24(23-21(22)8-4,19-16-13-10-6-2)20-17-14-11-7-3/h8H,4-7,9-20H2,1-3H3. The molecule has 0 aromatic carbocycles. The third kappa shape index (κ3) is 11.9. The van der Waals surface area contributed by atoms with Crippen molar-refractivity contribution in [2.75, 3.05) is 0 Å². The predicted octanol–water partition coefficient (Wildman–Crippen LogP) is 7.40. The van der Waals surface area contributed by atoms with Crippen LogP contribution in [0, 0.1) is 0 Å². The van der Waals surface area contributed by atoms with E-state index in [1.165, 1.54) is 83.1 Å². The molecule has 0 aromatic rings. The maximum atomic E-state index is 12.0. The van der Waals surface area contributed by atoms with Crippen molar-refractivity contribution in [3.05, 3.63) is 12.7 Å². The number of rotatable bonds is 17. The van der Waals surface area contributed by atoms with Crippen LogP contribution in [0.1, 0.15) is 97.8 Å². The number of carbonyl (C=O) groups excluding carboxylic acids is 1. The lowest BCUT2D eigenvalue weighted by molar-refractivity contribution is -0.129. The first kappa shape index (κ1) is 23.4. The highest BCUT2D eigenvalue weighted by Gasteiger charge is 2.36. The highest BCUT2D eigenvalue weighted by molar-refractivity contribution is 6.75. The largest absolute Gasteiger partial charge is 0.516 e. The molecule has 0 aliphatic heterocycles. The smallest absolute Gasteiger partial charge is 0.316 e. The van der Waals surface area contributed by atoms with E-state index >= 15 is 0 Å². The molecule has 0 radical (unpaired) electrons. The third-order valence-electron chi connectivity index (χ3n) is 4.94. The first-order chi connectivity index (χ1) is 11.6. The minimum atomic E-state index is -1.95. The van der Waals surface area contributed by atoms with Crippen molar-refractivity contribution >= 4 is 14.3 Å². The molecular weight excluding hydrogens is 312 g/mol. The molecule has 0 bridgehead atoms. The van der Waals surface area contributed by atoms with Crippen LogP contribution in [0.5, 0.6) is 0 Å². The Balaban J connectivity index is 4.77. The summed E-state index contributed by atoms with van der Waals surface area (Å²) in [5.74, 6) is -0.178. The molecule has 0 heterocycles. The van der Waals surface area contributed by atoms with Gasteiger partial charge in [-0.3, -0.25) is 0 Å². The van der Waals surface area contributed by atoms with Gasteiger partial charge in [0.2, 0.25) is 0 Å². The molecule has 0 spiro atoms. The van der Waals surface area contributed by atoms with Crippen molar-refractivity contribution in [2.24, 2.45) is 0 Å². The molecule has 0 saturated heterocycles. The van der Waals surface area contributed by atoms with Crippen molar-refractivity contribution in [1.82, 2.24) is 0 Å². The second kappa shape index (κ2) is 15.9. The van der Waals surface area contributed by atoms with Gasteiger partial charge >= 0.3 is 5.97 Å². The van der Waals surface area contributed by atoms with Gasteiger partial charge in [0.05, 0.1) is 0 Å². The Morgan fingerprint density at radius 1 is 0.750 bits per heavy atom. The van der Waals surface area contributed by atoms with Crippen LogP contribution in [0.2, 0.25) is 18.1 Å². The summed E-state index contributed by atoms with van der Waals surface area (Å²) in [7, 11) is -1.95. The molecule has 0 atom stereocenters. The molecule has 3 heteroatoms. The average Bonchev–Trinajstić information content (AvgIpc) is 2.59. The van der Waals surface area contributed by atoms with Crippen LogP contribution < -0.4 is 0 Å². The van der Waals surface area contributed by atoms with Gasteiger partial charge in [-0.1, -0.05) is 104 Å². The van der Waals surface area contributed by atoms with E-state index in [1.54, 1.807) is 0 Å². The highest BCUT2D eigenvalue weighted by Crippen LogP contribution is 2.31. The zero-order chi connectivity index (χ0) is 18.1. The molecule has 0 saturated carbocycles. The van der Waals surface area contributed by atoms with Crippen LogP contribution in [-0.2, 0) is 9.22 Å². The van der Waals surface area contributed by atoms with Gasteiger partial charge in [-0.25, -0.2) is 4.79 Å². The van der Waals surface area contributed by atoms with E-state index in [-0.39, 0.29) is 5.97 Å². The number of hydrogen-bond acceptors (Lipinski definition) is 2. The van der Waals surface area contributed by atoms with Crippen molar-refractivity contribution in [3.8, 4) is 0 Å². The molecule has 0 N–H and O–H groups in total. The van der Waals surface area contributed by atoms with Crippen molar-refractivity contribution in [3.63, 3.8) is 0 Å². The summed E-state index contributed by atoms with van der Waals surface area (Å²) in [6, 6.07) is 3.47. The van der Waals surface area contributed by atoms with E-state index in [2.05, 4.69) is 27.4 Å². The SMILES string of the molecule is C=CC(=O)O[Si](CCCCCC)(CCCCCC)CCCCCC. The van der Waals surface area contributed by atoms with Crippen LogP contribution >= 0.6 is 0 Å². The monoisotopic (exact) mass is 354 g/mol. The van der Waals surface area contributed by atoms with E-state index < -0.39 is 8.32 Å². The first-order valence-electron chi connectivity index (χ1n) is 10.5. The Hall–Kier alpha value is -0.573. The van der Waals surface area contributed by atoms with Crippen LogP contribution in [0.15, 0.2) is 12.7 Å². The van der Waals surface area contributed by atoms with Gasteiger partial charge in [0.1, 0.15) is 0 Å². The van der Waals surface area contributed by atoms with E-state index in [1.807, 2.05) is 0 Å². The summed E-state index contributed by atoms with van der Waals surface area (Å²) in [5, 5.41) is 0. The highest BCUT2D eigenvalue weighted by atomic mass is 28.4. The quantitative estimate of drug-likeness (QED) is 0.154. The summed E-state index contributed by atoms with van der Waals surface area (Å²) in [5.41, 5.74) is 0. The normalized spacial score (nSPS) is 11.5. The van der Waals surface area contributed by atoms with Gasteiger partial charge in [-0.2, -0.15) is 0 Å². The Labute approximate surface area is 152 Å². The second-order valence-electron chi connectivity index (χ2n) is 7.24. The molecule has 24 heavy (non-hydrogen) atoms. The fourth-order valence-electron chi connectivity index (χ4n) is 3.40. The molecule has 0 rings (SSSR count). The van der Waals surface area contributed by atoms with Crippen LogP contribution in [0.3, 0.4) is 0 Å². The lowest BCUT2D eigenvalue weighted by Crippen LogP contribution is -2.40. The Bertz CT molecular complexity index is 284. The van der Waals surface area contributed by atoms with Crippen LogP contribution in [0.25, 0.3) is 0 Å². The van der Waals surface area contributed by atoms with Gasteiger partial charge in [-0.05, 0) is 18.1 Å². The van der Waals surface area contributed by atoms with Gasteiger partial charge in [0.15, 0.2) is 0 Å². The summed E-state index contributed by atoms with van der Waals surface area (Å²) in [6.07, 6.45) is 16.6. The number of unbranched alkanes of at least 4 members (excludes halogenated alkanes) is 9. The zero-order valence-corrected chi connectivity index (χ0v) is 17.7. The molecule has 0 aliphatic rings. The molecule has 0 amide bonds. The van der Waals surface area contributed by atoms with E-state index in [0.717, 1.165) is 18.1 Å². The molecule has 0 aliphatic carbocycles. The van der Waals surface area contributed by atoms with Gasteiger partial charge in [-0.15, -0.1) is 0 Å². The topological polar surface area (TPSA) is 26.3 Å². The molecular formula is C21H42O2Si.